The number of hydrogen-bond donors (Lipinski definition) is 2. The fourth-order valence-electron chi connectivity index (χ4n) is 5.67. The van der Waals surface area contributed by atoms with Crippen LogP contribution in [0.5, 0.6) is 0 Å². The summed E-state index contributed by atoms with van der Waals surface area (Å²) in [5, 5.41) is 2.96. The fourth-order valence-corrected chi connectivity index (χ4v) is 7.30. The van der Waals surface area contributed by atoms with Crippen molar-refractivity contribution in [3.05, 3.63) is 46.8 Å². The van der Waals surface area contributed by atoms with Gasteiger partial charge in [0.1, 0.15) is 0 Å². The van der Waals surface area contributed by atoms with Crippen LogP contribution in [0.3, 0.4) is 0 Å². The number of aromatic nitrogens is 1. The Morgan fingerprint density at radius 3 is 2.29 bits per heavy atom. The second kappa shape index (κ2) is 13.1. The molecule has 42 heavy (non-hydrogen) atoms. The number of methoxy groups -OCH3 is 1. The van der Waals surface area contributed by atoms with Crippen molar-refractivity contribution < 1.29 is 31.1 Å². The van der Waals surface area contributed by atoms with E-state index < -0.39 is 32.2 Å². The lowest BCUT2D eigenvalue weighted by molar-refractivity contribution is -0.139. The van der Waals surface area contributed by atoms with Crippen LogP contribution in [0.25, 0.3) is 5.69 Å². The first-order valence-corrected chi connectivity index (χ1v) is 16.1. The van der Waals surface area contributed by atoms with E-state index >= 15 is 0 Å². The molecule has 0 unspecified atom stereocenters. The maximum atomic E-state index is 14.3. The normalized spacial score (nSPS) is 15.7. The summed E-state index contributed by atoms with van der Waals surface area (Å²) in [5.41, 5.74) is -0.314. The number of rotatable bonds is 11. The number of alkyl halides is 3. The molecule has 1 heterocycles. The van der Waals surface area contributed by atoms with Crippen LogP contribution in [0.2, 0.25) is 0 Å². The molecule has 3 rings (SSSR count). The molecule has 0 spiro atoms. The zero-order chi connectivity index (χ0) is 31.5. The topological polar surface area (TPSA) is 89.4 Å². The van der Waals surface area contributed by atoms with Crippen molar-refractivity contribution in [2.45, 2.75) is 103 Å². The van der Waals surface area contributed by atoms with Gasteiger partial charge in [0, 0.05) is 36.8 Å². The van der Waals surface area contributed by atoms with E-state index in [0.29, 0.717) is 43.0 Å². The first kappa shape index (κ1) is 34.1. The monoisotopic (exact) mass is 613 g/mol. The van der Waals surface area contributed by atoms with Crippen LogP contribution in [-0.4, -0.2) is 44.7 Å². The van der Waals surface area contributed by atoms with E-state index in [2.05, 4.69) is 10.0 Å². The van der Waals surface area contributed by atoms with Crippen LogP contribution >= 0.6 is 0 Å². The SMILES string of the molecule is COCC(C)(C)CCNC(=O)c1cn(-c2ccc(S(=O)(=O)NC(C)(C)C)c(C(F)(F)F)c2)c(CC2CCCCC2)c1C. The summed E-state index contributed by atoms with van der Waals surface area (Å²) in [6.45, 7) is 11.6. The number of benzene rings is 1. The molecule has 7 nitrogen and oxygen atoms in total. The minimum absolute atomic E-state index is 0.132. The highest BCUT2D eigenvalue weighted by Crippen LogP contribution is 2.37. The van der Waals surface area contributed by atoms with Gasteiger partial charge in [-0.05, 0) is 75.6 Å². The lowest BCUT2D eigenvalue weighted by Gasteiger charge is -2.24. The molecule has 0 bridgehead atoms. The van der Waals surface area contributed by atoms with Crippen LogP contribution in [0.1, 0.15) is 100 Å². The van der Waals surface area contributed by atoms with E-state index in [1.165, 1.54) is 6.07 Å². The van der Waals surface area contributed by atoms with E-state index in [0.717, 1.165) is 49.9 Å². The van der Waals surface area contributed by atoms with Gasteiger partial charge in [0.2, 0.25) is 10.0 Å². The molecule has 1 aromatic carbocycles. The molecule has 0 radical (unpaired) electrons. The van der Waals surface area contributed by atoms with Crippen LogP contribution in [0, 0.1) is 18.3 Å². The molecule has 2 N–H and O–H groups in total. The summed E-state index contributed by atoms with van der Waals surface area (Å²) < 4.78 is 78.1. The van der Waals surface area contributed by atoms with Crippen LogP contribution in [0.4, 0.5) is 13.2 Å². The third-order valence-electron chi connectivity index (χ3n) is 7.74. The third kappa shape index (κ3) is 8.83. The molecule has 0 saturated heterocycles. The van der Waals surface area contributed by atoms with Gasteiger partial charge in [0.25, 0.3) is 5.91 Å². The maximum absolute atomic E-state index is 14.3. The van der Waals surface area contributed by atoms with Crippen LogP contribution in [0.15, 0.2) is 29.3 Å². The van der Waals surface area contributed by atoms with Crippen LogP contribution < -0.4 is 10.0 Å². The fraction of sp³-hybridized carbons (Fsp3) is 0.645. The molecule has 0 atom stereocenters. The molecule has 1 aliphatic rings. The molecular formula is C31H46F3N3O4S. The van der Waals surface area contributed by atoms with Gasteiger partial charge in [-0.15, -0.1) is 0 Å². The summed E-state index contributed by atoms with van der Waals surface area (Å²) in [4.78, 5) is 12.5. The Balaban J connectivity index is 2.07. The van der Waals surface area contributed by atoms with E-state index in [9.17, 15) is 26.4 Å². The second-order valence-corrected chi connectivity index (χ2v) is 15.0. The molecule has 11 heteroatoms. The molecule has 2 aromatic rings. The smallest absolute Gasteiger partial charge is 0.384 e. The van der Waals surface area contributed by atoms with Crippen molar-refractivity contribution >= 4 is 15.9 Å². The van der Waals surface area contributed by atoms with Gasteiger partial charge in [-0.3, -0.25) is 4.79 Å². The summed E-state index contributed by atoms with van der Waals surface area (Å²) in [6.07, 6.45) is 3.37. The quantitative estimate of drug-likeness (QED) is 0.292. The van der Waals surface area contributed by atoms with Gasteiger partial charge in [-0.25, -0.2) is 13.1 Å². The molecular weight excluding hydrogens is 567 g/mol. The van der Waals surface area contributed by atoms with Crippen molar-refractivity contribution in [2.75, 3.05) is 20.3 Å². The average molecular weight is 614 g/mol. The third-order valence-corrected chi connectivity index (χ3v) is 9.55. The maximum Gasteiger partial charge on any atom is 0.417 e. The summed E-state index contributed by atoms with van der Waals surface area (Å²) in [7, 11) is -2.83. The number of nitrogens with zero attached hydrogens (tertiary/aromatic N) is 1. The summed E-state index contributed by atoms with van der Waals surface area (Å²) in [6, 6.07) is 3.25. The molecule has 1 aliphatic carbocycles. The van der Waals surface area contributed by atoms with Crippen molar-refractivity contribution in [1.82, 2.24) is 14.6 Å². The lowest BCUT2D eigenvalue weighted by atomic mass is 9.85. The van der Waals surface area contributed by atoms with Crippen molar-refractivity contribution in [3.8, 4) is 5.69 Å². The Bertz CT molecular complexity index is 1350. The van der Waals surface area contributed by atoms with Gasteiger partial charge in [-0.2, -0.15) is 13.2 Å². The average Bonchev–Trinajstić information content (AvgIpc) is 3.18. The van der Waals surface area contributed by atoms with Gasteiger partial charge in [0.15, 0.2) is 0 Å². The second-order valence-electron chi connectivity index (χ2n) is 13.3. The zero-order valence-electron chi connectivity index (χ0n) is 25.9. The Hall–Kier alpha value is -2.37. The number of nitrogens with one attached hydrogen (secondary N) is 2. The Morgan fingerprint density at radius 1 is 1.07 bits per heavy atom. The summed E-state index contributed by atoms with van der Waals surface area (Å²) in [5.74, 6) is 0.0589. The van der Waals surface area contributed by atoms with Crippen LogP contribution in [-0.2, 0) is 27.4 Å². The van der Waals surface area contributed by atoms with Gasteiger partial charge < -0.3 is 14.6 Å². The van der Waals surface area contributed by atoms with Gasteiger partial charge in [-0.1, -0.05) is 46.0 Å². The summed E-state index contributed by atoms with van der Waals surface area (Å²) >= 11 is 0. The van der Waals surface area contributed by atoms with Crippen molar-refractivity contribution in [3.63, 3.8) is 0 Å². The number of hydrogen-bond acceptors (Lipinski definition) is 4. The lowest BCUT2D eigenvalue weighted by Crippen LogP contribution is -2.41. The molecule has 236 valence electrons. The predicted molar refractivity (Wildman–Crippen MR) is 158 cm³/mol. The molecule has 1 saturated carbocycles. The van der Waals surface area contributed by atoms with E-state index in [1.807, 2.05) is 20.8 Å². The highest BCUT2D eigenvalue weighted by molar-refractivity contribution is 7.89. The molecule has 1 amide bonds. The molecule has 1 fully saturated rings. The Morgan fingerprint density at radius 2 is 1.71 bits per heavy atom. The van der Waals surface area contributed by atoms with Gasteiger partial charge >= 0.3 is 6.18 Å². The van der Waals surface area contributed by atoms with Gasteiger partial charge in [0.05, 0.1) is 22.6 Å². The number of halogens is 3. The highest BCUT2D eigenvalue weighted by Gasteiger charge is 2.39. The minimum Gasteiger partial charge on any atom is -0.384 e. The Kier molecular flexibility index (Phi) is 10.6. The number of carbonyl (C=O) groups excluding carboxylic acids is 1. The predicted octanol–water partition coefficient (Wildman–Crippen LogP) is 6.80. The number of carbonyl (C=O) groups is 1. The van der Waals surface area contributed by atoms with Crippen molar-refractivity contribution in [1.29, 1.82) is 0 Å². The first-order valence-electron chi connectivity index (χ1n) is 14.6. The Labute approximate surface area is 248 Å². The highest BCUT2D eigenvalue weighted by atomic mass is 32.2. The standard InChI is InChI=1S/C31H46F3N3O4S/c1-21-24(28(38)35-16-15-30(5,6)20-41-7)19-37(26(21)17-22-11-9-8-10-12-22)23-13-14-27(25(18-23)31(32,33)34)42(39,40)36-29(2,3)4/h13-14,18-19,22,36H,8-12,15-17,20H2,1-7H3,(H,35,38). The zero-order valence-corrected chi connectivity index (χ0v) is 26.7. The number of amides is 1. The number of sulfonamides is 1. The number of ether oxygens (including phenoxy) is 1. The minimum atomic E-state index is -4.92. The van der Waals surface area contributed by atoms with E-state index in [-0.39, 0.29) is 17.0 Å². The largest absolute Gasteiger partial charge is 0.417 e. The molecule has 1 aromatic heterocycles. The van der Waals surface area contributed by atoms with E-state index in [1.54, 1.807) is 38.6 Å². The van der Waals surface area contributed by atoms with Crippen molar-refractivity contribution in [2.24, 2.45) is 11.3 Å². The molecule has 0 aliphatic heterocycles. The first-order chi connectivity index (χ1) is 19.3. The van der Waals surface area contributed by atoms with E-state index in [4.69, 9.17) is 4.74 Å².